The van der Waals surface area contributed by atoms with E-state index < -0.39 is 30.1 Å². The standard InChI is InChI=1S/C22H21F3N6O4/c1-30-10-9-16(29-30)15-7-8-17-20(27-15)31(11-19(32)26-17)21(33)28-18(12-34-2)13-3-5-14(6-4-13)35-22(23,24)25/h3-10,18H,11-12H2,1-2H3,(H,26,32)(H,28,33). The normalized spacial score (nSPS) is 14.2. The number of amides is 3. The van der Waals surface area contributed by atoms with Gasteiger partial charge in [-0.25, -0.2) is 9.78 Å². The predicted molar refractivity (Wildman–Crippen MR) is 119 cm³/mol. The number of carbonyl (C=O) groups excluding carboxylic acids is 2. The van der Waals surface area contributed by atoms with Crippen LogP contribution in [0.4, 0.5) is 29.5 Å². The first-order valence-electron chi connectivity index (χ1n) is 10.4. The summed E-state index contributed by atoms with van der Waals surface area (Å²) in [5, 5.41) is 9.75. The van der Waals surface area contributed by atoms with E-state index in [1.807, 2.05) is 0 Å². The van der Waals surface area contributed by atoms with Crippen molar-refractivity contribution < 1.29 is 32.2 Å². The van der Waals surface area contributed by atoms with Crippen molar-refractivity contribution in [2.75, 3.05) is 30.5 Å². The molecule has 184 valence electrons. The Balaban J connectivity index is 1.57. The number of alkyl halides is 3. The van der Waals surface area contributed by atoms with Gasteiger partial charge in [-0.15, -0.1) is 13.2 Å². The minimum Gasteiger partial charge on any atom is -0.406 e. The first kappa shape index (κ1) is 24.0. The van der Waals surface area contributed by atoms with Crippen LogP contribution in [0, 0.1) is 0 Å². The SMILES string of the molecule is COCC(NC(=O)N1CC(=O)Nc2ccc(-c3ccn(C)n3)nc21)c1ccc(OC(F)(F)F)cc1. The average molecular weight is 490 g/mol. The molecular weight excluding hydrogens is 469 g/mol. The van der Waals surface area contributed by atoms with E-state index in [1.165, 1.54) is 24.1 Å². The Bertz CT molecular complexity index is 1230. The lowest BCUT2D eigenvalue weighted by molar-refractivity contribution is -0.274. The van der Waals surface area contributed by atoms with Crippen molar-refractivity contribution in [3.8, 4) is 17.1 Å². The molecule has 2 N–H and O–H groups in total. The van der Waals surface area contributed by atoms with Gasteiger partial charge in [0.05, 0.1) is 24.0 Å². The van der Waals surface area contributed by atoms with Crippen molar-refractivity contribution in [2.45, 2.75) is 12.4 Å². The molecule has 1 unspecified atom stereocenters. The van der Waals surface area contributed by atoms with Crippen LogP contribution < -0.4 is 20.3 Å². The molecule has 0 saturated carbocycles. The molecule has 1 aliphatic rings. The van der Waals surface area contributed by atoms with Crippen LogP contribution >= 0.6 is 0 Å². The summed E-state index contributed by atoms with van der Waals surface area (Å²) in [6, 6.07) is 8.78. The monoisotopic (exact) mass is 490 g/mol. The number of hydrogen-bond acceptors (Lipinski definition) is 6. The van der Waals surface area contributed by atoms with Crippen molar-refractivity contribution in [3.63, 3.8) is 0 Å². The Morgan fingerprint density at radius 1 is 1.17 bits per heavy atom. The van der Waals surface area contributed by atoms with Gasteiger partial charge in [0.1, 0.15) is 18.0 Å². The van der Waals surface area contributed by atoms with E-state index in [0.717, 1.165) is 12.1 Å². The number of aromatic nitrogens is 3. The number of halogens is 3. The Kier molecular flexibility index (Phi) is 6.60. The highest BCUT2D eigenvalue weighted by Gasteiger charge is 2.32. The fraction of sp³-hybridized carbons (Fsp3) is 0.273. The maximum Gasteiger partial charge on any atom is 0.573 e. The van der Waals surface area contributed by atoms with E-state index in [2.05, 4.69) is 25.5 Å². The summed E-state index contributed by atoms with van der Waals surface area (Å²) in [5.41, 5.74) is 1.93. The quantitative estimate of drug-likeness (QED) is 0.549. The zero-order valence-electron chi connectivity index (χ0n) is 18.7. The van der Waals surface area contributed by atoms with Crippen LogP contribution in [0.25, 0.3) is 11.4 Å². The molecule has 0 saturated heterocycles. The molecule has 13 heteroatoms. The Labute approximate surface area is 197 Å². The molecule has 0 radical (unpaired) electrons. The molecule has 3 heterocycles. The van der Waals surface area contributed by atoms with Gasteiger partial charge in [0.25, 0.3) is 0 Å². The minimum absolute atomic E-state index is 0.0273. The van der Waals surface area contributed by atoms with Crippen LogP contribution in [0.3, 0.4) is 0 Å². The Hall–Kier alpha value is -4.13. The molecule has 1 atom stereocenters. The average Bonchev–Trinajstić information content (AvgIpc) is 3.23. The number of ether oxygens (including phenoxy) is 2. The zero-order valence-corrected chi connectivity index (χ0v) is 18.7. The van der Waals surface area contributed by atoms with Gasteiger partial charge < -0.3 is 20.1 Å². The van der Waals surface area contributed by atoms with Crippen LogP contribution in [0.15, 0.2) is 48.7 Å². The molecule has 0 aliphatic carbocycles. The predicted octanol–water partition coefficient (Wildman–Crippen LogP) is 3.24. The van der Waals surface area contributed by atoms with Gasteiger partial charge in [0.2, 0.25) is 5.91 Å². The number of anilines is 2. The number of fused-ring (bicyclic) bond motifs is 1. The highest BCUT2D eigenvalue weighted by atomic mass is 19.4. The van der Waals surface area contributed by atoms with Crippen LogP contribution in [-0.4, -0.2) is 53.3 Å². The third kappa shape index (κ3) is 5.69. The lowest BCUT2D eigenvalue weighted by atomic mass is 10.1. The summed E-state index contributed by atoms with van der Waals surface area (Å²) in [6.45, 7) is -0.255. The van der Waals surface area contributed by atoms with E-state index in [-0.39, 0.29) is 19.0 Å². The van der Waals surface area contributed by atoms with Crippen molar-refractivity contribution in [3.05, 3.63) is 54.2 Å². The zero-order chi connectivity index (χ0) is 25.2. The highest BCUT2D eigenvalue weighted by Crippen LogP contribution is 2.31. The number of benzene rings is 1. The Morgan fingerprint density at radius 2 is 1.91 bits per heavy atom. The van der Waals surface area contributed by atoms with Crippen LogP contribution in [-0.2, 0) is 16.6 Å². The molecule has 0 spiro atoms. The number of rotatable bonds is 6. The minimum atomic E-state index is -4.81. The third-order valence-electron chi connectivity index (χ3n) is 5.07. The fourth-order valence-corrected chi connectivity index (χ4v) is 3.54. The summed E-state index contributed by atoms with van der Waals surface area (Å²) >= 11 is 0. The van der Waals surface area contributed by atoms with Gasteiger partial charge in [-0.3, -0.25) is 14.4 Å². The third-order valence-corrected chi connectivity index (χ3v) is 5.07. The second-order valence-electron chi connectivity index (χ2n) is 7.65. The molecule has 0 bridgehead atoms. The highest BCUT2D eigenvalue weighted by molar-refractivity contribution is 6.08. The number of methoxy groups -OCH3 is 1. The van der Waals surface area contributed by atoms with Gasteiger partial charge >= 0.3 is 12.4 Å². The van der Waals surface area contributed by atoms with Gasteiger partial charge in [-0.1, -0.05) is 12.1 Å². The van der Waals surface area contributed by atoms with E-state index in [1.54, 1.807) is 36.1 Å². The molecule has 2 aromatic heterocycles. The number of pyridine rings is 1. The molecule has 10 nitrogen and oxygen atoms in total. The molecule has 4 rings (SSSR count). The molecule has 0 fully saturated rings. The molecule has 3 aromatic rings. The summed E-state index contributed by atoms with van der Waals surface area (Å²) in [5.74, 6) is -0.566. The first-order chi connectivity index (χ1) is 16.6. The molecule has 35 heavy (non-hydrogen) atoms. The molecular formula is C22H21F3N6O4. The number of nitrogens with one attached hydrogen (secondary N) is 2. The molecule has 1 aromatic carbocycles. The molecule has 1 aliphatic heterocycles. The first-order valence-corrected chi connectivity index (χ1v) is 10.4. The smallest absolute Gasteiger partial charge is 0.406 e. The van der Waals surface area contributed by atoms with Crippen molar-refractivity contribution >= 4 is 23.4 Å². The Morgan fingerprint density at radius 3 is 2.54 bits per heavy atom. The van der Waals surface area contributed by atoms with Crippen molar-refractivity contribution in [1.29, 1.82) is 0 Å². The summed E-state index contributed by atoms with van der Waals surface area (Å²) < 4.78 is 48.0. The second-order valence-corrected chi connectivity index (χ2v) is 7.65. The van der Waals surface area contributed by atoms with E-state index in [9.17, 15) is 22.8 Å². The van der Waals surface area contributed by atoms with Gasteiger partial charge in [-0.2, -0.15) is 5.10 Å². The van der Waals surface area contributed by atoms with Gasteiger partial charge in [0, 0.05) is 20.4 Å². The molecule has 3 amide bonds. The number of aryl methyl sites for hydroxylation is 1. The lowest BCUT2D eigenvalue weighted by Crippen LogP contribution is -2.49. The van der Waals surface area contributed by atoms with E-state index >= 15 is 0 Å². The number of hydrogen-bond donors (Lipinski definition) is 2. The maximum absolute atomic E-state index is 13.2. The van der Waals surface area contributed by atoms with Gasteiger partial charge in [0.15, 0.2) is 5.82 Å². The topological polar surface area (TPSA) is 111 Å². The summed E-state index contributed by atoms with van der Waals surface area (Å²) in [7, 11) is 3.18. The number of carbonyl (C=O) groups is 2. The largest absolute Gasteiger partial charge is 0.573 e. The summed E-state index contributed by atoms with van der Waals surface area (Å²) in [4.78, 5) is 31.2. The van der Waals surface area contributed by atoms with Crippen LogP contribution in [0.5, 0.6) is 5.75 Å². The number of nitrogens with zero attached hydrogens (tertiary/aromatic N) is 4. The van der Waals surface area contributed by atoms with Gasteiger partial charge in [-0.05, 0) is 35.9 Å². The van der Waals surface area contributed by atoms with Crippen LogP contribution in [0.1, 0.15) is 11.6 Å². The number of urea groups is 1. The van der Waals surface area contributed by atoms with Crippen molar-refractivity contribution in [2.24, 2.45) is 7.05 Å². The van der Waals surface area contributed by atoms with E-state index in [0.29, 0.717) is 22.6 Å². The maximum atomic E-state index is 13.2. The summed E-state index contributed by atoms with van der Waals surface area (Å²) in [6.07, 6.45) is -3.06. The van der Waals surface area contributed by atoms with Crippen molar-refractivity contribution in [1.82, 2.24) is 20.1 Å². The lowest BCUT2D eigenvalue weighted by Gasteiger charge is -2.30. The van der Waals surface area contributed by atoms with Crippen LogP contribution in [0.2, 0.25) is 0 Å². The second kappa shape index (κ2) is 9.62. The van der Waals surface area contributed by atoms with E-state index in [4.69, 9.17) is 4.74 Å². The fourth-order valence-electron chi connectivity index (χ4n) is 3.54.